The number of rotatable bonds is 5. The van der Waals surface area contributed by atoms with Gasteiger partial charge in [0.1, 0.15) is 5.75 Å². The van der Waals surface area contributed by atoms with Gasteiger partial charge in [-0.1, -0.05) is 0 Å². The average Bonchev–Trinajstić information content (AvgIpc) is 3.17. The van der Waals surface area contributed by atoms with E-state index in [9.17, 15) is 9.59 Å². The summed E-state index contributed by atoms with van der Waals surface area (Å²) < 4.78 is 7.64. The third-order valence-corrected chi connectivity index (χ3v) is 6.50. The Morgan fingerprint density at radius 3 is 2.56 bits per heavy atom. The van der Waals surface area contributed by atoms with Gasteiger partial charge in [0.2, 0.25) is 0 Å². The number of ketones is 1. The molecule has 5 rings (SSSR count). The smallest absolute Gasteiger partial charge is 0.322 e. The molecule has 1 aromatic carbocycles. The fourth-order valence-corrected chi connectivity index (χ4v) is 4.63. The number of anilines is 1. The topological polar surface area (TPSA) is 119 Å². The Bertz CT molecular complexity index is 1290. The zero-order valence-corrected chi connectivity index (χ0v) is 19.5. The molecule has 1 saturated heterocycles. The highest BCUT2D eigenvalue weighted by Gasteiger charge is 2.28. The van der Waals surface area contributed by atoms with Gasteiger partial charge in [-0.25, -0.2) is 4.98 Å². The van der Waals surface area contributed by atoms with E-state index in [4.69, 9.17) is 10.5 Å². The number of likely N-dealkylation sites (N-methyl/N-ethyl adjacent to an activating group) is 1. The van der Waals surface area contributed by atoms with Gasteiger partial charge in [0.05, 0.1) is 17.0 Å². The number of carbonyl (C=O) groups is 2. The molecule has 1 aliphatic carbocycles. The molecule has 0 atom stereocenters. The second kappa shape index (κ2) is 8.53. The summed E-state index contributed by atoms with van der Waals surface area (Å²) in [5.41, 5.74) is 10.4. The third-order valence-electron chi connectivity index (χ3n) is 6.50. The van der Waals surface area contributed by atoms with Crippen LogP contribution in [0.5, 0.6) is 11.8 Å². The predicted octanol–water partition coefficient (Wildman–Crippen LogP) is 1.82. The average molecular weight is 462 g/mol. The van der Waals surface area contributed by atoms with E-state index in [1.54, 1.807) is 24.0 Å². The summed E-state index contributed by atoms with van der Waals surface area (Å²) in [7, 11) is 3.87. The maximum atomic E-state index is 12.4. The van der Waals surface area contributed by atoms with Crippen molar-refractivity contribution in [2.75, 3.05) is 38.1 Å². The fraction of sp³-hybridized carbons (Fsp3) is 0.375. The molecule has 10 heteroatoms. The van der Waals surface area contributed by atoms with Crippen LogP contribution in [0.3, 0.4) is 0 Å². The molecule has 0 radical (unpaired) electrons. The normalized spacial score (nSPS) is 15.6. The van der Waals surface area contributed by atoms with E-state index in [0.717, 1.165) is 48.7 Å². The number of nitrogens with two attached hydrogens (primary N) is 1. The van der Waals surface area contributed by atoms with E-state index < -0.39 is 5.91 Å². The van der Waals surface area contributed by atoms with Crippen molar-refractivity contribution in [2.24, 2.45) is 12.8 Å². The minimum Gasteiger partial charge on any atom is -0.424 e. The van der Waals surface area contributed by atoms with Crippen LogP contribution < -0.4 is 15.4 Å². The van der Waals surface area contributed by atoms with Crippen molar-refractivity contribution in [2.45, 2.75) is 19.8 Å². The van der Waals surface area contributed by atoms with Gasteiger partial charge < -0.3 is 20.3 Å². The van der Waals surface area contributed by atoms with Crippen LogP contribution >= 0.6 is 0 Å². The number of hydrogen-bond donors (Lipinski definition) is 1. The maximum absolute atomic E-state index is 12.4. The molecule has 2 aromatic heterocycles. The van der Waals surface area contributed by atoms with Crippen LogP contribution in [0.15, 0.2) is 24.4 Å². The lowest BCUT2D eigenvalue weighted by Crippen LogP contribution is -2.44. The Morgan fingerprint density at radius 2 is 1.85 bits per heavy atom. The Hall–Kier alpha value is -3.79. The molecule has 34 heavy (non-hydrogen) atoms. The Balaban J connectivity index is 1.47. The first kappa shape index (κ1) is 22.0. The molecular formula is C24H27N7O3. The molecule has 3 heterocycles. The maximum Gasteiger partial charge on any atom is 0.322 e. The second-order valence-electron chi connectivity index (χ2n) is 8.82. The molecule has 2 N–H and O–H groups in total. The number of ether oxygens (including phenoxy) is 1. The zero-order valence-electron chi connectivity index (χ0n) is 19.5. The lowest BCUT2D eigenvalue weighted by Gasteiger charge is -2.34. The number of aromatic nitrogens is 4. The number of carbonyl (C=O) groups excluding carboxylic acids is 2. The van der Waals surface area contributed by atoms with E-state index in [2.05, 4.69) is 31.9 Å². The summed E-state index contributed by atoms with van der Waals surface area (Å²) in [6.07, 6.45) is 3.04. The number of hydrogen-bond acceptors (Lipinski definition) is 8. The molecule has 0 saturated carbocycles. The van der Waals surface area contributed by atoms with Gasteiger partial charge in [-0.3, -0.25) is 14.3 Å². The van der Waals surface area contributed by atoms with Crippen molar-refractivity contribution < 1.29 is 14.3 Å². The van der Waals surface area contributed by atoms with Crippen LogP contribution in [-0.2, 0) is 19.9 Å². The van der Waals surface area contributed by atoms with Crippen molar-refractivity contribution in [3.8, 4) is 23.1 Å². The molecular weight excluding hydrogens is 434 g/mol. The van der Waals surface area contributed by atoms with Crippen LogP contribution in [0.2, 0.25) is 0 Å². The molecule has 1 amide bonds. The third kappa shape index (κ3) is 3.90. The van der Waals surface area contributed by atoms with Gasteiger partial charge in [-0.15, -0.1) is 0 Å². The van der Waals surface area contributed by atoms with E-state index in [0.29, 0.717) is 29.8 Å². The summed E-state index contributed by atoms with van der Waals surface area (Å²) in [6.45, 7) is 5.29. The molecule has 0 spiro atoms. The lowest BCUT2D eigenvalue weighted by molar-refractivity contribution is 0.0990. The molecule has 0 bridgehead atoms. The molecule has 1 aliphatic heterocycles. The van der Waals surface area contributed by atoms with Gasteiger partial charge in [0.15, 0.2) is 11.5 Å². The van der Waals surface area contributed by atoms with E-state index >= 15 is 0 Å². The molecule has 0 unspecified atom stereocenters. The summed E-state index contributed by atoms with van der Waals surface area (Å²) in [5, 5.41) is 4.29. The number of benzene rings is 1. The highest BCUT2D eigenvalue weighted by Crippen LogP contribution is 2.35. The molecule has 2 aliphatic rings. The van der Waals surface area contributed by atoms with Crippen molar-refractivity contribution in [3.63, 3.8) is 0 Å². The first-order valence-electron chi connectivity index (χ1n) is 11.3. The van der Waals surface area contributed by atoms with Gasteiger partial charge in [0, 0.05) is 50.7 Å². The van der Waals surface area contributed by atoms with Crippen molar-refractivity contribution in [1.82, 2.24) is 24.6 Å². The number of primary amides is 1. The monoisotopic (exact) mass is 461 g/mol. The number of amides is 1. The van der Waals surface area contributed by atoms with E-state index in [-0.39, 0.29) is 17.5 Å². The van der Waals surface area contributed by atoms with Gasteiger partial charge in [-0.05, 0) is 50.6 Å². The van der Waals surface area contributed by atoms with Gasteiger partial charge in [0.25, 0.3) is 5.91 Å². The number of Topliss-reactive ketones (excluding diaryl/α,β-unsaturated/α-hetero) is 1. The molecule has 3 aromatic rings. The first-order valence-corrected chi connectivity index (χ1v) is 11.3. The minimum atomic E-state index is -0.558. The quantitative estimate of drug-likeness (QED) is 0.572. The van der Waals surface area contributed by atoms with Crippen molar-refractivity contribution >= 4 is 17.4 Å². The lowest BCUT2D eigenvalue weighted by atomic mass is 9.93. The SMILES string of the molecule is CC(=O)c1cc(N2CCN(C)CC2)ccc1Oc1ncc2c(n1)-c1c(c(C(N)=O)nn1C)CC2. The van der Waals surface area contributed by atoms with Crippen LogP contribution in [-0.4, -0.2) is 69.6 Å². The van der Waals surface area contributed by atoms with Crippen LogP contribution in [0.4, 0.5) is 5.69 Å². The first-order chi connectivity index (χ1) is 16.3. The summed E-state index contributed by atoms with van der Waals surface area (Å²) >= 11 is 0. The molecule has 1 fully saturated rings. The van der Waals surface area contributed by atoms with Crippen LogP contribution in [0.1, 0.15) is 38.9 Å². The van der Waals surface area contributed by atoms with Crippen molar-refractivity contribution in [1.29, 1.82) is 0 Å². The number of fused-ring (bicyclic) bond motifs is 3. The summed E-state index contributed by atoms with van der Waals surface area (Å²) in [5.74, 6) is -0.245. The molecule has 10 nitrogen and oxygen atoms in total. The second-order valence-corrected chi connectivity index (χ2v) is 8.82. The zero-order chi connectivity index (χ0) is 24.0. The van der Waals surface area contributed by atoms with Crippen LogP contribution in [0.25, 0.3) is 11.4 Å². The van der Waals surface area contributed by atoms with Crippen LogP contribution in [0, 0.1) is 0 Å². The van der Waals surface area contributed by atoms with Gasteiger partial charge >= 0.3 is 6.01 Å². The highest BCUT2D eigenvalue weighted by atomic mass is 16.5. The standard InChI is InChI=1S/C24H27N7O3/c1-14(32)18-12-16(31-10-8-29(2)9-11-31)5-7-19(18)34-24-26-13-15-4-6-17-21(23(25)33)28-30(3)22(17)20(15)27-24/h5,7,12-13H,4,6,8-11H2,1-3H3,(H2,25,33). The predicted molar refractivity (Wildman–Crippen MR) is 126 cm³/mol. The summed E-state index contributed by atoms with van der Waals surface area (Å²) in [4.78, 5) is 37.8. The Labute approximate surface area is 197 Å². The minimum absolute atomic E-state index is 0.0936. The van der Waals surface area contributed by atoms with Gasteiger partial charge in [-0.2, -0.15) is 10.1 Å². The van der Waals surface area contributed by atoms with E-state index in [1.165, 1.54) is 6.92 Å². The van der Waals surface area contributed by atoms with E-state index in [1.807, 2.05) is 12.1 Å². The van der Waals surface area contributed by atoms with Crippen molar-refractivity contribution in [3.05, 3.63) is 46.8 Å². The number of piperazine rings is 1. The highest BCUT2D eigenvalue weighted by molar-refractivity contribution is 5.98. The largest absolute Gasteiger partial charge is 0.424 e. The Kier molecular flexibility index (Phi) is 5.52. The number of aryl methyl sites for hydroxylation is 2. The Morgan fingerprint density at radius 1 is 1.09 bits per heavy atom. The summed E-state index contributed by atoms with van der Waals surface area (Å²) in [6, 6.07) is 5.76. The number of nitrogens with zero attached hydrogens (tertiary/aromatic N) is 6. The molecule has 176 valence electrons. The fourth-order valence-electron chi connectivity index (χ4n) is 4.63.